The fourth-order valence-corrected chi connectivity index (χ4v) is 6.58. The Labute approximate surface area is 223 Å². The van der Waals surface area contributed by atoms with Crippen molar-refractivity contribution in [2.24, 2.45) is 0 Å². The fourth-order valence-electron chi connectivity index (χ4n) is 5.97. The van der Waals surface area contributed by atoms with E-state index >= 15 is 0 Å². The second-order valence-electron chi connectivity index (χ2n) is 10.7. The molecular formula is C27H29N7O3S. The first-order valence-corrected chi connectivity index (χ1v) is 13.6. The first-order valence-electron chi connectivity index (χ1n) is 12.7. The molecule has 4 aromatic heterocycles. The van der Waals surface area contributed by atoms with Crippen molar-refractivity contribution in [2.45, 2.75) is 70.1 Å². The van der Waals surface area contributed by atoms with Crippen LogP contribution in [-0.4, -0.2) is 63.9 Å². The standard InChI is InChI=1S/C27H29N7O3S/c1-14(35)21-22(16-10-17-5-6-18(11-16)33(17)26(36)27(2,3)37)32-24-19(13-31-34(24)23(21)28)15-4-7-20(30-12-15)25-29-8-9-38-25/h4,7-9,12-13,16-18,37H,5-6,10-11,28H2,1-3H3/t16?,17-,18?/m1/s1. The molecule has 10 nitrogen and oxygen atoms in total. The molecule has 0 aliphatic carbocycles. The summed E-state index contributed by atoms with van der Waals surface area (Å²) < 4.78 is 1.52. The largest absolute Gasteiger partial charge is 0.383 e. The number of anilines is 1. The van der Waals surface area contributed by atoms with Gasteiger partial charge in [0, 0.05) is 46.9 Å². The van der Waals surface area contributed by atoms with Crippen molar-refractivity contribution in [1.82, 2.24) is 29.5 Å². The Morgan fingerprint density at radius 3 is 2.45 bits per heavy atom. The van der Waals surface area contributed by atoms with Crippen molar-refractivity contribution in [1.29, 1.82) is 0 Å². The molecular weight excluding hydrogens is 502 g/mol. The number of rotatable bonds is 5. The Morgan fingerprint density at radius 2 is 1.87 bits per heavy atom. The number of Topliss-reactive ketones (excluding diaryl/α,β-unsaturated/α-hetero) is 1. The lowest BCUT2D eigenvalue weighted by Gasteiger charge is -2.41. The summed E-state index contributed by atoms with van der Waals surface area (Å²) in [6.45, 7) is 4.56. The molecule has 11 heteroatoms. The van der Waals surface area contributed by atoms with Crippen LogP contribution in [0.2, 0.25) is 0 Å². The summed E-state index contributed by atoms with van der Waals surface area (Å²) in [7, 11) is 0. The highest BCUT2D eigenvalue weighted by Gasteiger charge is 2.47. The van der Waals surface area contributed by atoms with Crippen LogP contribution in [0, 0.1) is 0 Å². The summed E-state index contributed by atoms with van der Waals surface area (Å²) in [4.78, 5) is 41.5. The van der Waals surface area contributed by atoms with Crippen molar-refractivity contribution in [2.75, 3.05) is 5.73 Å². The quantitative estimate of drug-likeness (QED) is 0.372. The van der Waals surface area contributed by atoms with Gasteiger partial charge in [-0.05, 0) is 52.5 Å². The van der Waals surface area contributed by atoms with Crippen LogP contribution in [0.3, 0.4) is 0 Å². The predicted octanol–water partition coefficient (Wildman–Crippen LogP) is 3.71. The molecule has 2 bridgehead atoms. The van der Waals surface area contributed by atoms with E-state index < -0.39 is 5.60 Å². The van der Waals surface area contributed by atoms with Crippen molar-refractivity contribution in [3.8, 4) is 21.8 Å². The highest BCUT2D eigenvalue weighted by atomic mass is 32.1. The van der Waals surface area contributed by atoms with E-state index in [0.717, 1.165) is 34.7 Å². The number of ketones is 1. The number of amides is 1. The molecule has 2 saturated heterocycles. The second kappa shape index (κ2) is 8.95. The van der Waals surface area contributed by atoms with Crippen LogP contribution in [0.5, 0.6) is 0 Å². The van der Waals surface area contributed by atoms with Crippen molar-refractivity contribution < 1.29 is 14.7 Å². The predicted molar refractivity (Wildman–Crippen MR) is 144 cm³/mol. The Hall–Kier alpha value is -3.70. The number of nitrogen functional groups attached to an aromatic ring is 1. The third-order valence-electron chi connectivity index (χ3n) is 7.67. The lowest BCUT2D eigenvalue weighted by Crippen LogP contribution is -2.53. The number of aromatic nitrogens is 5. The minimum Gasteiger partial charge on any atom is -0.383 e. The molecule has 2 aliphatic heterocycles. The number of hydrogen-bond acceptors (Lipinski definition) is 9. The van der Waals surface area contributed by atoms with Crippen LogP contribution in [0.4, 0.5) is 5.82 Å². The third-order valence-corrected chi connectivity index (χ3v) is 8.46. The Morgan fingerprint density at radius 1 is 1.13 bits per heavy atom. The van der Waals surface area contributed by atoms with Gasteiger partial charge < -0.3 is 15.7 Å². The molecule has 3 N–H and O–H groups in total. The maximum Gasteiger partial charge on any atom is 0.254 e. The highest BCUT2D eigenvalue weighted by Crippen LogP contribution is 2.45. The third kappa shape index (κ3) is 3.97. The number of fused-ring (bicyclic) bond motifs is 3. The van der Waals surface area contributed by atoms with Gasteiger partial charge in [0.25, 0.3) is 5.91 Å². The van der Waals surface area contributed by atoms with Gasteiger partial charge in [-0.3, -0.25) is 14.6 Å². The average molecular weight is 532 g/mol. The number of piperidine rings is 1. The van der Waals surface area contributed by atoms with Gasteiger partial charge in [-0.1, -0.05) is 6.07 Å². The maximum atomic E-state index is 13.0. The summed E-state index contributed by atoms with van der Waals surface area (Å²) in [6, 6.07) is 3.85. The van der Waals surface area contributed by atoms with Crippen molar-refractivity contribution in [3.05, 3.63) is 47.4 Å². The van der Waals surface area contributed by atoms with E-state index in [4.69, 9.17) is 10.7 Å². The van der Waals surface area contributed by atoms with Crippen molar-refractivity contribution in [3.63, 3.8) is 0 Å². The van der Waals surface area contributed by atoms with Crippen LogP contribution in [-0.2, 0) is 4.79 Å². The van der Waals surface area contributed by atoms with Crippen LogP contribution < -0.4 is 5.73 Å². The van der Waals surface area contributed by atoms with Crippen LogP contribution in [0.25, 0.3) is 27.5 Å². The number of nitrogens with two attached hydrogens (primary N) is 1. The van der Waals surface area contributed by atoms with E-state index in [1.54, 1.807) is 18.6 Å². The highest BCUT2D eigenvalue weighted by molar-refractivity contribution is 7.13. The fraction of sp³-hybridized carbons (Fsp3) is 0.407. The smallest absolute Gasteiger partial charge is 0.254 e. The molecule has 38 heavy (non-hydrogen) atoms. The maximum absolute atomic E-state index is 13.0. The van der Waals surface area contributed by atoms with Crippen LogP contribution >= 0.6 is 11.3 Å². The minimum atomic E-state index is -1.42. The summed E-state index contributed by atoms with van der Waals surface area (Å²) in [5, 5.41) is 17.6. The molecule has 0 aromatic carbocycles. The average Bonchev–Trinajstić information content (AvgIpc) is 3.61. The molecule has 6 rings (SSSR count). The molecule has 0 radical (unpaired) electrons. The second-order valence-corrected chi connectivity index (χ2v) is 11.6. The Kier molecular flexibility index (Phi) is 5.80. The summed E-state index contributed by atoms with van der Waals surface area (Å²) >= 11 is 1.53. The van der Waals surface area contributed by atoms with E-state index in [1.807, 2.05) is 22.4 Å². The van der Waals surface area contributed by atoms with E-state index in [1.165, 1.54) is 36.6 Å². The molecule has 2 fully saturated rings. The first-order chi connectivity index (χ1) is 18.1. The van der Waals surface area contributed by atoms with Crippen LogP contribution in [0.15, 0.2) is 36.1 Å². The molecule has 2 aliphatic rings. The van der Waals surface area contributed by atoms with E-state index in [9.17, 15) is 14.7 Å². The van der Waals surface area contributed by atoms with Gasteiger partial charge in [0.2, 0.25) is 0 Å². The van der Waals surface area contributed by atoms with Gasteiger partial charge in [-0.25, -0.2) is 9.97 Å². The molecule has 4 aromatic rings. The van der Waals surface area contributed by atoms with E-state index in [2.05, 4.69) is 15.1 Å². The number of nitrogens with zero attached hydrogens (tertiary/aromatic N) is 6. The summed E-state index contributed by atoms with van der Waals surface area (Å²) in [6.07, 6.45) is 8.27. The van der Waals surface area contributed by atoms with Gasteiger partial charge >= 0.3 is 0 Å². The zero-order chi connectivity index (χ0) is 26.8. The first kappa shape index (κ1) is 24.6. The summed E-state index contributed by atoms with van der Waals surface area (Å²) in [5.74, 6) is -0.193. The Balaban J connectivity index is 1.40. The molecule has 2 unspecified atom stereocenters. The summed E-state index contributed by atoms with van der Waals surface area (Å²) in [5.41, 5.74) is 9.12. The zero-order valence-electron chi connectivity index (χ0n) is 21.5. The van der Waals surface area contributed by atoms with Crippen LogP contribution in [0.1, 0.15) is 68.4 Å². The molecule has 3 atom stereocenters. The number of hydrogen-bond donors (Lipinski definition) is 2. The number of aliphatic hydroxyl groups is 1. The van der Waals surface area contributed by atoms with Gasteiger partial charge in [0.05, 0.1) is 23.1 Å². The number of pyridine rings is 1. The molecule has 0 spiro atoms. The lowest BCUT2D eigenvalue weighted by molar-refractivity contribution is -0.152. The van der Waals surface area contributed by atoms with Gasteiger partial charge in [0.1, 0.15) is 16.4 Å². The van der Waals surface area contributed by atoms with E-state index in [0.29, 0.717) is 29.7 Å². The molecule has 196 valence electrons. The van der Waals surface area contributed by atoms with Gasteiger partial charge in [-0.15, -0.1) is 11.3 Å². The zero-order valence-corrected chi connectivity index (χ0v) is 22.3. The lowest BCUT2D eigenvalue weighted by atomic mass is 9.84. The number of carbonyl (C=O) groups is 2. The topological polar surface area (TPSA) is 140 Å². The molecule has 6 heterocycles. The monoisotopic (exact) mass is 531 g/mol. The molecule has 1 amide bonds. The SMILES string of the molecule is CC(=O)c1c(C2CC3CC[C@H](C2)N3C(=O)C(C)(C)O)nc2c(-c3ccc(-c4nccs4)nc3)cnn2c1N. The number of carbonyl (C=O) groups excluding carboxylic acids is 2. The molecule has 0 saturated carbocycles. The number of thiazole rings is 1. The van der Waals surface area contributed by atoms with Gasteiger partial charge in [-0.2, -0.15) is 9.61 Å². The Bertz CT molecular complexity index is 1530. The van der Waals surface area contributed by atoms with Crippen molar-refractivity contribution >= 4 is 34.5 Å². The van der Waals surface area contributed by atoms with E-state index in [-0.39, 0.29) is 35.5 Å². The normalized spacial score (nSPS) is 21.3. The minimum absolute atomic E-state index is 0.0104. The van der Waals surface area contributed by atoms with Gasteiger partial charge in [0.15, 0.2) is 11.4 Å².